The maximum Gasteiger partial charge on any atom is 0.317 e. The van der Waals surface area contributed by atoms with Crippen LogP contribution in [0.3, 0.4) is 0 Å². The fraction of sp³-hybridized carbons (Fsp3) is 0.886. The van der Waals surface area contributed by atoms with E-state index in [4.69, 9.17) is 14.2 Å². The van der Waals surface area contributed by atoms with Crippen molar-refractivity contribution in [2.75, 3.05) is 0 Å². The minimum Gasteiger partial charge on any atom is -0.459 e. The zero-order valence-electron chi connectivity index (χ0n) is 33.5. The second kappa shape index (κ2) is 13.3. The number of ether oxygens (including phenoxy) is 4. The zero-order valence-corrected chi connectivity index (χ0v) is 33.5. The number of cyclic esters (lactones) is 2. The molecule has 21 atom stereocenters. The molecule has 8 bridgehead atoms. The highest BCUT2D eigenvalue weighted by Crippen LogP contribution is 2.71. The molecular weight excluding hydrogens is 672 g/mol. The van der Waals surface area contributed by atoms with Crippen LogP contribution in [0.4, 0.5) is 0 Å². The number of hydrogen-bond acceptors (Lipinski definition) is 9. The predicted octanol–water partition coefficient (Wildman–Crippen LogP) is 7.28. The molecule has 8 saturated carbocycles. The van der Waals surface area contributed by atoms with Gasteiger partial charge in [0.05, 0.1) is 29.6 Å². The molecule has 0 amide bonds. The highest BCUT2D eigenvalue weighted by Gasteiger charge is 2.67. The molecule has 0 aromatic rings. The average molecular weight is 737 g/mol. The molecule has 21 unspecified atom stereocenters. The molecule has 0 radical (unpaired) electrons. The van der Waals surface area contributed by atoms with Gasteiger partial charge in [0.15, 0.2) is 0 Å². The minimum atomic E-state index is -0.396. The van der Waals surface area contributed by atoms with Gasteiger partial charge in [0.1, 0.15) is 17.8 Å². The van der Waals surface area contributed by atoms with E-state index in [0.29, 0.717) is 35.5 Å². The van der Waals surface area contributed by atoms with Crippen molar-refractivity contribution in [1.29, 1.82) is 0 Å². The van der Waals surface area contributed by atoms with Crippen LogP contribution in [-0.4, -0.2) is 47.7 Å². The molecule has 10 fully saturated rings. The second-order valence-corrected chi connectivity index (χ2v) is 20.3. The van der Waals surface area contributed by atoms with E-state index in [0.717, 1.165) is 79.4 Å². The van der Waals surface area contributed by atoms with Crippen LogP contribution in [-0.2, 0) is 42.9 Å². The largest absolute Gasteiger partial charge is 0.459 e. The lowest BCUT2D eigenvalue weighted by molar-refractivity contribution is -0.168. The highest BCUT2D eigenvalue weighted by molar-refractivity contribution is 5.95. The monoisotopic (exact) mass is 736 g/mol. The van der Waals surface area contributed by atoms with Gasteiger partial charge >= 0.3 is 29.8 Å². The van der Waals surface area contributed by atoms with Crippen molar-refractivity contribution >= 4 is 29.8 Å². The van der Waals surface area contributed by atoms with E-state index in [9.17, 15) is 24.0 Å². The van der Waals surface area contributed by atoms with Crippen molar-refractivity contribution in [1.82, 2.24) is 0 Å². The van der Waals surface area contributed by atoms with Crippen LogP contribution in [0.5, 0.6) is 0 Å². The maximum absolute atomic E-state index is 12.7. The molecule has 0 aromatic carbocycles. The first-order valence-electron chi connectivity index (χ1n) is 21.4. The third kappa shape index (κ3) is 5.92. The lowest BCUT2D eigenvalue weighted by Crippen LogP contribution is -2.42. The van der Waals surface area contributed by atoms with Gasteiger partial charge in [-0.05, 0) is 136 Å². The van der Waals surface area contributed by atoms with E-state index >= 15 is 0 Å². The number of rotatable bonds is 5. The lowest BCUT2D eigenvalue weighted by Gasteiger charge is -2.43. The Hall–Kier alpha value is -2.45. The Morgan fingerprint density at radius 1 is 0.623 bits per heavy atom. The van der Waals surface area contributed by atoms with Crippen molar-refractivity contribution in [3.63, 3.8) is 0 Å². The van der Waals surface area contributed by atoms with Crippen LogP contribution in [0.1, 0.15) is 114 Å². The standard InChI is InChI=1S/C20H32O2.C18H24O4.C6H8O3/c1-6-20(4,5)22-19(21)16-8-12-7-15(16)18-14-9-13(17(12)18)10(2)11(14)3;1-7-8(2)11-3-9(7)4-13(11)17(19)21-15-10-5-12-14(6-10)18(20)22-16(12)15;1-3-4(2)6(8)9-5(3)7/h10-18H,6-9H2,1-5H3;7-16H,3-6H2,1-2H3;3-4H,1-2H3. The summed E-state index contributed by atoms with van der Waals surface area (Å²) in [6.45, 7) is 19.1. The lowest BCUT2D eigenvalue weighted by atomic mass is 9.62. The Bertz CT molecular complexity index is 1500. The van der Waals surface area contributed by atoms with E-state index in [2.05, 4.69) is 39.4 Å². The summed E-state index contributed by atoms with van der Waals surface area (Å²) >= 11 is 0. The Balaban J connectivity index is 0.000000123. The van der Waals surface area contributed by atoms with Crippen molar-refractivity contribution in [3.05, 3.63) is 0 Å². The molecule has 10 aliphatic rings. The van der Waals surface area contributed by atoms with Gasteiger partial charge in [0.2, 0.25) is 0 Å². The van der Waals surface area contributed by atoms with Crippen LogP contribution < -0.4 is 0 Å². The molecule has 0 aromatic heterocycles. The first-order valence-corrected chi connectivity index (χ1v) is 21.4. The number of carbonyl (C=O) groups is 5. The Kier molecular flexibility index (Phi) is 9.44. The average Bonchev–Trinajstić information content (AvgIpc) is 3.99. The van der Waals surface area contributed by atoms with Gasteiger partial charge in [-0.1, -0.05) is 48.5 Å². The molecule has 294 valence electrons. The minimum absolute atomic E-state index is 0.0108. The molecule has 2 saturated heterocycles. The third-order valence-corrected chi connectivity index (χ3v) is 17.9. The first kappa shape index (κ1) is 37.5. The molecule has 8 aliphatic carbocycles. The predicted molar refractivity (Wildman–Crippen MR) is 194 cm³/mol. The van der Waals surface area contributed by atoms with Gasteiger partial charge in [0, 0.05) is 11.8 Å². The fourth-order valence-electron chi connectivity index (χ4n) is 14.1. The van der Waals surface area contributed by atoms with Crippen molar-refractivity contribution in [2.24, 2.45) is 112 Å². The zero-order chi connectivity index (χ0) is 38.0. The Morgan fingerprint density at radius 3 is 1.77 bits per heavy atom. The van der Waals surface area contributed by atoms with Crippen LogP contribution in [0.25, 0.3) is 0 Å². The van der Waals surface area contributed by atoms with Gasteiger partial charge in [-0.2, -0.15) is 0 Å². The summed E-state index contributed by atoms with van der Waals surface area (Å²) < 4.78 is 21.6. The Morgan fingerprint density at radius 2 is 1.19 bits per heavy atom. The first-order chi connectivity index (χ1) is 25.0. The quantitative estimate of drug-likeness (QED) is 0.124. The van der Waals surface area contributed by atoms with Gasteiger partial charge < -0.3 is 18.9 Å². The summed E-state index contributed by atoms with van der Waals surface area (Å²) in [5, 5.41) is 0. The molecule has 0 spiro atoms. The van der Waals surface area contributed by atoms with E-state index in [-0.39, 0.29) is 65.3 Å². The molecule has 10 rings (SSSR count). The molecule has 2 aliphatic heterocycles. The van der Waals surface area contributed by atoms with Crippen LogP contribution in [0, 0.1) is 112 Å². The van der Waals surface area contributed by atoms with Gasteiger partial charge in [-0.15, -0.1) is 0 Å². The summed E-state index contributed by atoms with van der Waals surface area (Å²) in [5.74, 6) is 9.27. The molecule has 2 heterocycles. The van der Waals surface area contributed by atoms with Gasteiger partial charge in [-0.25, -0.2) is 0 Å². The topological polar surface area (TPSA) is 122 Å². The molecule has 53 heavy (non-hydrogen) atoms. The summed E-state index contributed by atoms with van der Waals surface area (Å²) in [6, 6.07) is 0. The number of esters is 5. The van der Waals surface area contributed by atoms with Crippen LogP contribution >= 0.6 is 0 Å². The van der Waals surface area contributed by atoms with E-state index < -0.39 is 11.9 Å². The van der Waals surface area contributed by atoms with Gasteiger partial charge in [-0.3, -0.25) is 24.0 Å². The summed E-state index contributed by atoms with van der Waals surface area (Å²) in [4.78, 5) is 58.3. The van der Waals surface area contributed by atoms with E-state index in [1.54, 1.807) is 13.8 Å². The number of carbonyl (C=O) groups excluding carboxylic acids is 5. The summed E-state index contributed by atoms with van der Waals surface area (Å²) in [5.41, 5.74) is -0.297. The smallest absolute Gasteiger partial charge is 0.317 e. The van der Waals surface area contributed by atoms with Crippen molar-refractivity contribution in [3.8, 4) is 0 Å². The van der Waals surface area contributed by atoms with Crippen molar-refractivity contribution < 1.29 is 42.9 Å². The molecule has 9 heteroatoms. The molecular formula is C44H64O9. The fourth-order valence-corrected chi connectivity index (χ4v) is 14.1. The number of hydrogen-bond donors (Lipinski definition) is 0. The second-order valence-electron chi connectivity index (χ2n) is 20.3. The van der Waals surface area contributed by atoms with Crippen LogP contribution in [0.2, 0.25) is 0 Å². The Labute approximate surface area is 316 Å². The third-order valence-electron chi connectivity index (χ3n) is 17.9. The van der Waals surface area contributed by atoms with E-state index in [1.807, 2.05) is 13.8 Å². The molecule has 9 nitrogen and oxygen atoms in total. The summed E-state index contributed by atoms with van der Waals surface area (Å²) in [7, 11) is 0. The SMILES string of the molecule is CC1C(=O)OC(=O)C1C.CC1C2CC(C(=O)OC3C4CC5C(=O)OC3C5C4)C(C2)C1C.CCC(C)(C)OC(=O)C1CC2CC1C1C3CC(C(C)C3C)C21. The highest BCUT2D eigenvalue weighted by atomic mass is 16.6. The van der Waals surface area contributed by atoms with Crippen molar-refractivity contribution in [2.45, 2.75) is 131 Å². The summed E-state index contributed by atoms with van der Waals surface area (Å²) in [6.07, 6.45) is 8.54. The van der Waals surface area contributed by atoms with E-state index in [1.165, 1.54) is 19.3 Å². The number of fused-ring (bicyclic) bond motifs is 12. The maximum atomic E-state index is 12.7. The molecule has 0 N–H and O–H groups in total. The van der Waals surface area contributed by atoms with Crippen LogP contribution in [0.15, 0.2) is 0 Å². The normalized spacial score (nSPS) is 51.4. The van der Waals surface area contributed by atoms with Gasteiger partial charge in [0.25, 0.3) is 0 Å².